The van der Waals surface area contributed by atoms with Gasteiger partial charge in [-0.05, 0) is 13.8 Å². The molecule has 66 valence electrons. The first kappa shape index (κ1) is 9.12. The first-order chi connectivity index (χ1) is 5.68. The highest BCUT2D eigenvalue weighted by molar-refractivity contribution is 7.99. The lowest BCUT2D eigenvalue weighted by atomic mass is 10.3. The molecule has 0 spiro atoms. The molecule has 0 atom stereocenters. The van der Waals surface area contributed by atoms with Gasteiger partial charge in [-0.25, -0.2) is 5.10 Å². The Morgan fingerprint density at radius 2 is 2.42 bits per heavy atom. The van der Waals surface area contributed by atoms with Crippen molar-refractivity contribution in [2.24, 2.45) is 0 Å². The number of nitrogens with zero attached hydrogens (tertiary/aromatic N) is 2. The van der Waals surface area contributed by atoms with Gasteiger partial charge in [-0.1, -0.05) is 23.4 Å². The quantitative estimate of drug-likeness (QED) is 0.551. The molecule has 0 bridgehead atoms. The van der Waals surface area contributed by atoms with Crippen molar-refractivity contribution in [1.29, 1.82) is 0 Å². The maximum atomic E-state index is 5.35. The van der Waals surface area contributed by atoms with E-state index in [-0.39, 0.29) is 0 Å². The first-order valence-electron chi connectivity index (χ1n) is 3.62. The molecule has 0 aromatic carbocycles. The molecule has 4 nitrogen and oxygen atoms in total. The van der Waals surface area contributed by atoms with E-state index in [1.54, 1.807) is 11.8 Å². The van der Waals surface area contributed by atoms with Crippen molar-refractivity contribution < 1.29 is 0 Å². The van der Waals surface area contributed by atoms with Crippen molar-refractivity contribution in [1.82, 2.24) is 15.2 Å². The molecule has 1 aromatic heterocycles. The van der Waals surface area contributed by atoms with E-state index in [1.807, 2.05) is 0 Å². The summed E-state index contributed by atoms with van der Waals surface area (Å²) in [6.45, 7) is 4.12. The highest BCUT2D eigenvalue weighted by Crippen LogP contribution is 2.13. The summed E-state index contributed by atoms with van der Waals surface area (Å²) in [5.74, 6) is 1.26. The molecule has 1 aromatic rings. The van der Waals surface area contributed by atoms with Crippen LogP contribution in [-0.4, -0.2) is 20.9 Å². The minimum atomic E-state index is 0.370. The van der Waals surface area contributed by atoms with Crippen molar-refractivity contribution >= 4 is 17.7 Å². The lowest BCUT2D eigenvalue weighted by molar-refractivity contribution is 0.975. The van der Waals surface area contributed by atoms with E-state index in [1.165, 1.54) is 5.57 Å². The van der Waals surface area contributed by atoms with Crippen LogP contribution < -0.4 is 5.73 Å². The molecule has 0 amide bonds. The monoisotopic (exact) mass is 184 g/mol. The van der Waals surface area contributed by atoms with E-state index in [0.29, 0.717) is 11.1 Å². The van der Waals surface area contributed by atoms with E-state index in [2.05, 4.69) is 35.1 Å². The van der Waals surface area contributed by atoms with Crippen molar-refractivity contribution in [3.63, 3.8) is 0 Å². The van der Waals surface area contributed by atoms with Crippen LogP contribution in [0.5, 0.6) is 0 Å². The number of anilines is 1. The Labute approximate surface area is 75.6 Å². The maximum Gasteiger partial charge on any atom is 0.216 e. The zero-order chi connectivity index (χ0) is 8.97. The fraction of sp³-hybridized carbons (Fsp3) is 0.429. The van der Waals surface area contributed by atoms with Gasteiger partial charge in [0, 0.05) is 5.75 Å². The Hall–Kier alpha value is -0.970. The van der Waals surface area contributed by atoms with Gasteiger partial charge in [-0.15, -0.1) is 5.10 Å². The molecule has 0 unspecified atom stereocenters. The van der Waals surface area contributed by atoms with E-state index in [0.717, 1.165) is 5.75 Å². The van der Waals surface area contributed by atoms with Gasteiger partial charge in [0.05, 0.1) is 0 Å². The molecule has 0 saturated heterocycles. The number of rotatable bonds is 3. The molecule has 12 heavy (non-hydrogen) atoms. The van der Waals surface area contributed by atoms with E-state index in [4.69, 9.17) is 5.73 Å². The van der Waals surface area contributed by atoms with Crippen LogP contribution in [0.25, 0.3) is 0 Å². The SMILES string of the molecule is CC(C)=CCSc1n[nH]c(N)n1. The molecule has 5 heteroatoms. The van der Waals surface area contributed by atoms with Crippen LogP contribution in [0, 0.1) is 0 Å². The summed E-state index contributed by atoms with van der Waals surface area (Å²) in [6, 6.07) is 0. The Bertz CT molecular complexity index is 275. The molecule has 0 fully saturated rings. The summed E-state index contributed by atoms with van der Waals surface area (Å²) >= 11 is 1.56. The van der Waals surface area contributed by atoms with Gasteiger partial charge >= 0.3 is 0 Å². The number of hydrogen-bond acceptors (Lipinski definition) is 4. The largest absolute Gasteiger partial charge is 0.368 e. The molecular formula is C7H12N4S. The fourth-order valence-corrected chi connectivity index (χ4v) is 1.44. The minimum absolute atomic E-state index is 0.370. The van der Waals surface area contributed by atoms with Crippen LogP contribution in [0.2, 0.25) is 0 Å². The Morgan fingerprint density at radius 3 is 2.92 bits per heavy atom. The Balaban J connectivity index is 2.38. The third-order valence-corrected chi connectivity index (χ3v) is 1.96. The van der Waals surface area contributed by atoms with E-state index < -0.39 is 0 Å². The number of nitrogen functional groups attached to an aromatic ring is 1. The Morgan fingerprint density at radius 1 is 1.67 bits per heavy atom. The van der Waals surface area contributed by atoms with Gasteiger partial charge in [-0.2, -0.15) is 4.98 Å². The summed E-state index contributed by atoms with van der Waals surface area (Å²) in [5.41, 5.74) is 6.65. The average Bonchev–Trinajstić information content (AvgIpc) is 2.35. The molecule has 0 aliphatic rings. The van der Waals surface area contributed by atoms with Crippen LogP contribution in [0.1, 0.15) is 13.8 Å². The number of H-pyrrole nitrogens is 1. The summed E-state index contributed by atoms with van der Waals surface area (Å²) in [7, 11) is 0. The molecule has 1 rings (SSSR count). The highest BCUT2D eigenvalue weighted by Gasteiger charge is 1.97. The number of aromatic nitrogens is 3. The average molecular weight is 184 g/mol. The normalized spacial score (nSPS) is 9.83. The highest BCUT2D eigenvalue weighted by atomic mass is 32.2. The Kier molecular flexibility index (Phi) is 3.16. The number of allylic oxidation sites excluding steroid dienone is 1. The molecule has 0 saturated carbocycles. The van der Waals surface area contributed by atoms with Crippen molar-refractivity contribution in [3.8, 4) is 0 Å². The topological polar surface area (TPSA) is 67.6 Å². The third-order valence-electron chi connectivity index (χ3n) is 1.19. The summed E-state index contributed by atoms with van der Waals surface area (Å²) in [6.07, 6.45) is 2.12. The van der Waals surface area contributed by atoms with Crippen LogP contribution >= 0.6 is 11.8 Å². The smallest absolute Gasteiger partial charge is 0.216 e. The molecule has 0 aliphatic carbocycles. The maximum absolute atomic E-state index is 5.35. The van der Waals surface area contributed by atoms with E-state index >= 15 is 0 Å². The standard InChI is InChI=1S/C7H12N4S/c1-5(2)3-4-12-7-9-6(8)10-11-7/h3H,4H2,1-2H3,(H3,8,9,10,11). The molecule has 1 heterocycles. The zero-order valence-electron chi connectivity index (χ0n) is 7.16. The van der Waals surface area contributed by atoms with Crippen LogP contribution in [0.4, 0.5) is 5.95 Å². The van der Waals surface area contributed by atoms with Gasteiger partial charge in [0.1, 0.15) is 0 Å². The summed E-state index contributed by atoms with van der Waals surface area (Å²) in [5, 5.41) is 7.17. The molecule has 3 N–H and O–H groups in total. The zero-order valence-corrected chi connectivity index (χ0v) is 7.98. The third kappa shape index (κ3) is 2.96. The molecule has 0 aliphatic heterocycles. The van der Waals surface area contributed by atoms with Crippen LogP contribution in [0.15, 0.2) is 16.8 Å². The number of aromatic amines is 1. The molecular weight excluding hydrogens is 172 g/mol. The van der Waals surface area contributed by atoms with Gasteiger partial charge in [0.2, 0.25) is 11.1 Å². The predicted octanol–water partition coefficient (Wildman–Crippen LogP) is 1.45. The van der Waals surface area contributed by atoms with Gasteiger partial charge in [-0.3, -0.25) is 0 Å². The van der Waals surface area contributed by atoms with Crippen LogP contribution in [-0.2, 0) is 0 Å². The van der Waals surface area contributed by atoms with Crippen molar-refractivity contribution in [2.75, 3.05) is 11.5 Å². The van der Waals surface area contributed by atoms with E-state index in [9.17, 15) is 0 Å². The second kappa shape index (κ2) is 4.15. The fourth-order valence-electron chi connectivity index (χ4n) is 0.606. The second-order valence-corrected chi connectivity index (χ2v) is 3.58. The van der Waals surface area contributed by atoms with Gasteiger partial charge in [0.25, 0.3) is 0 Å². The second-order valence-electron chi connectivity index (χ2n) is 2.60. The lowest BCUT2D eigenvalue weighted by Gasteiger charge is -1.89. The van der Waals surface area contributed by atoms with Gasteiger partial charge in [0.15, 0.2) is 0 Å². The number of nitrogens with one attached hydrogen (secondary N) is 1. The lowest BCUT2D eigenvalue weighted by Crippen LogP contribution is -1.85. The predicted molar refractivity (Wildman–Crippen MR) is 51.0 cm³/mol. The molecule has 0 radical (unpaired) electrons. The van der Waals surface area contributed by atoms with Crippen LogP contribution in [0.3, 0.4) is 0 Å². The number of thioether (sulfide) groups is 1. The first-order valence-corrected chi connectivity index (χ1v) is 4.61. The number of nitrogens with two attached hydrogens (primary N) is 1. The number of hydrogen-bond donors (Lipinski definition) is 2. The van der Waals surface area contributed by atoms with Crippen molar-refractivity contribution in [3.05, 3.63) is 11.6 Å². The minimum Gasteiger partial charge on any atom is -0.368 e. The van der Waals surface area contributed by atoms with Crippen molar-refractivity contribution in [2.45, 2.75) is 19.0 Å². The summed E-state index contributed by atoms with van der Waals surface area (Å²) in [4.78, 5) is 3.95. The summed E-state index contributed by atoms with van der Waals surface area (Å²) < 4.78 is 0. The van der Waals surface area contributed by atoms with Gasteiger partial charge < -0.3 is 5.73 Å².